The minimum atomic E-state index is 0.213. The Kier molecular flexibility index (Phi) is 5.81. The fourth-order valence-electron chi connectivity index (χ4n) is 1.66. The van der Waals surface area contributed by atoms with Gasteiger partial charge in [-0.3, -0.25) is 0 Å². The van der Waals surface area contributed by atoms with Gasteiger partial charge >= 0.3 is 0 Å². The Bertz CT molecular complexity index is 328. The molecule has 1 N–H and O–H groups in total. The lowest BCUT2D eigenvalue weighted by Gasteiger charge is -2.19. The minimum absolute atomic E-state index is 0.213. The van der Waals surface area contributed by atoms with Gasteiger partial charge in [0.15, 0.2) is 0 Å². The lowest BCUT2D eigenvalue weighted by molar-refractivity contribution is 0.114. The average Bonchev–Trinajstić information content (AvgIpc) is 2.28. The summed E-state index contributed by atoms with van der Waals surface area (Å²) in [5, 5.41) is 4.04. The van der Waals surface area contributed by atoms with Crippen molar-refractivity contribution in [3.63, 3.8) is 0 Å². The second-order valence-electron chi connectivity index (χ2n) is 3.92. The minimum Gasteiger partial charge on any atom is -0.379 e. The zero-order valence-corrected chi connectivity index (χ0v) is 11.0. The fourth-order valence-corrected chi connectivity index (χ4v) is 1.84. The van der Waals surface area contributed by atoms with Crippen molar-refractivity contribution in [3.05, 3.63) is 34.3 Å². The summed E-state index contributed by atoms with van der Waals surface area (Å²) < 4.78 is 5.58. The van der Waals surface area contributed by atoms with E-state index in [1.165, 1.54) is 11.1 Å². The van der Waals surface area contributed by atoms with Crippen molar-refractivity contribution in [3.8, 4) is 0 Å². The van der Waals surface area contributed by atoms with Crippen molar-refractivity contribution in [2.45, 2.75) is 26.3 Å². The van der Waals surface area contributed by atoms with Crippen LogP contribution in [0.3, 0.4) is 0 Å². The largest absolute Gasteiger partial charge is 0.379 e. The molecule has 0 spiro atoms. The number of benzene rings is 1. The van der Waals surface area contributed by atoms with E-state index >= 15 is 0 Å². The molecule has 0 fully saturated rings. The highest BCUT2D eigenvalue weighted by atomic mass is 35.5. The van der Waals surface area contributed by atoms with E-state index in [2.05, 4.69) is 19.2 Å². The highest BCUT2D eigenvalue weighted by Gasteiger charge is 2.12. The molecule has 0 aliphatic heterocycles. The molecule has 0 amide bonds. The summed E-state index contributed by atoms with van der Waals surface area (Å²) in [6, 6.07) is 6.18. The molecule has 2 nitrogen and oxygen atoms in total. The van der Waals surface area contributed by atoms with E-state index in [0.717, 1.165) is 18.1 Å². The van der Waals surface area contributed by atoms with Gasteiger partial charge in [0.05, 0.1) is 12.6 Å². The summed E-state index contributed by atoms with van der Waals surface area (Å²) in [5.74, 6) is 0. The van der Waals surface area contributed by atoms with Gasteiger partial charge in [-0.2, -0.15) is 0 Å². The van der Waals surface area contributed by atoms with Gasteiger partial charge in [-0.1, -0.05) is 24.6 Å². The second kappa shape index (κ2) is 6.89. The molecule has 90 valence electrons. The molecule has 0 saturated heterocycles. The van der Waals surface area contributed by atoms with Crippen molar-refractivity contribution in [1.29, 1.82) is 0 Å². The normalized spacial score (nSPS) is 12.8. The molecule has 0 heterocycles. The topological polar surface area (TPSA) is 21.3 Å². The van der Waals surface area contributed by atoms with Crippen molar-refractivity contribution in [2.24, 2.45) is 0 Å². The lowest BCUT2D eigenvalue weighted by atomic mass is 10.0. The predicted molar refractivity (Wildman–Crippen MR) is 69.1 cm³/mol. The molecule has 1 aromatic carbocycles. The van der Waals surface area contributed by atoms with Crippen LogP contribution in [0.1, 0.15) is 30.5 Å². The molecule has 1 aromatic rings. The maximum atomic E-state index is 6.01. The Morgan fingerprint density at radius 1 is 1.44 bits per heavy atom. The van der Waals surface area contributed by atoms with Crippen molar-refractivity contribution in [1.82, 2.24) is 5.32 Å². The molecule has 1 rings (SSSR count). The quantitative estimate of drug-likeness (QED) is 0.772. The summed E-state index contributed by atoms with van der Waals surface area (Å²) in [6.45, 7) is 5.69. The SMILES string of the molecule is CCCOCC(NC)c1cc(Cl)ccc1C. The van der Waals surface area contributed by atoms with Crippen LogP contribution in [0.15, 0.2) is 18.2 Å². The third-order valence-electron chi connectivity index (χ3n) is 2.60. The van der Waals surface area contributed by atoms with Gasteiger partial charge in [0.25, 0.3) is 0 Å². The van der Waals surface area contributed by atoms with Crippen LogP contribution in [0.2, 0.25) is 5.02 Å². The molecule has 0 saturated carbocycles. The lowest BCUT2D eigenvalue weighted by Crippen LogP contribution is -2.22. The van der Waals surface area contributed by atoms with E-state index in [4.69, 9.17) is 16.3 Å². The predicted octanol–water partition coefficient (Wildman–Crippen LogP) is 3.34. The average molecular weight is 242 g/mol. The molecule has 0 aliphatic rings. The smallest absolute Gasteiger partial charge is 0.0661 e. The van der Waals surface area contributed by atoms with E-state index in [9.17, 15) is 0 Å². The Balaban J connectivity index is 2.73. The molecular formula is C13H20ClNO. The summed E-state index contributed by atoms with van der Waals surface area (Å²) >= 11 is 6.01. The van der Waals surface area contributed by atoms with Gasteiger partial charge in [0, 0.05) is 11.6 Å². The van der Waals surface area contributed by atoms with E-state index in [-0.39, 0.29) is 6.04 Å². The van der Waals surface area contributed by atoms with Gasteiger partial charge in [-0.25, -0.2) is 0 Å². The zero-order chi connectivity index (χ0) is 12.0. The van der Waals surface area contributed by atoms with Crippen LogP contribution in [0.25, 0.3) is 0 Å². The number of likely N-dealkylation sites (N-methyl/N-ethyl adjacent to an activating group) is 1. The summed E-state index contributed by atoms with van der Waals surface area (Å²) in [5.41, 5.74) is 2.45. The monoisotopic (exact) mass is 241 g/mol. The Morgan fingerprint density at radius 3 is 2.81 bits per heavy atom. The van der Waals surface area contributed by atoms with E-state index in [1.54, 1.807) is 0 Å². The van der Waals surface area contributed by atoms with Crippen molar-refractivity contribution >= 4 is 11.6 Å². The van der Waals surface area contributed by atoms with Gasteiger partial charge in [-0.05, 0) is 43.7 Å². The Labute approximate surface area is 103 Å². The van der Waals surface area contributed by atoms with Crippen LogP contribution in [-0.2, 0) is 4.74 Å². The van der Waals surface area contributed by atoms with Gasteiger partial charge in [0.2, 0.25) is 0 Å². The van der Waals surface area contributed by atoms with Crippen LogP contribution in [0.5, 0.6) is 0 Å². The van der Waals surface area contributed by atoms with Crippen molar-refractivity contribution in [2.75, 3.05) is 20.3 Å². The van der Waals surface area contributed by atoms with Crippen molar-refractivity contribution < 1.29 is 4.74 Å². The van der Waals surface area contributed by atoms with Crippen LogP contribution >= 0.6 is 11.6 Å². The first-order valence-electron chi connectivity index (χ1n) is 5.70. The summed E-state index contributed by atoms with van der Waals surface area (Å²) in [7, 11) is 1.94. The zero-order valence-electron chi connectivity index (χ0n) is 10.2. The Hall–Kier alpha value is -0.570. The van der Waals surface area contributed by atoms with Crippen LogP contribution in [0, 0.1) is 6.92 Å². The first-order chi connectivity index (χ1) is 7.69. The number of aryl methyl sites for hydroxylation is 1. The number of hydrogen-bond acceptors (Lipinski definition) is 2. The maximum Gasteiger partial charge on any atom is 0.0661 e. The number of nitrogens with one attached hydrogen (secondary N) is 1. The second-order valence-corrected chi connectivity index (χ2v) is 4.35. The molecule has 0 aromatic heterocycles. The fraction of sp³-hybridized carbons (Fsp3) is 0.538. The van der Waals surface area contributed by atoms with Gasteiger partial charge in [0.1, 0.15) is 0 Å². The van der Waals surface area contributed by atoms with Crippen LogP contribution < -0.4 is 5.32 Å². The van der Waals surface area contributed by atoms with E-state index in [1.807, 2.05) is 25.2 Å². The first-order valence-corrected chi connectivity index (χ1v) is 6.08. The highest BCUT2D eigenvalue weighted by molar-refractivity contribution is 6.30. The number of halogens is 1. The summed E-state index contributed by atoms with van der Waals surface area (Å²) in [4.78, 5) is 0. The molecule has 0 aliphatic carbocycles. The van der Waals surface area contributed by atoms with Crippen LogP contribution in [-0.4, -0.2) is 20.3 Å². The maximum absolute atomic E-state index is 6.01. The summed E-state index contributed by atoms with van der Waals surface area (Å²) in [6.07, 6.45) is 1.05. The van der Waals surface area contributed by atoms with Gasteiger partial charge < -0.3 is 10.1 Å². The third-order valence-corrected chi connectivity index (χ3v) is 2.83. The third kappa shape index (κ3) is 3.78. The van der Waals surface area contributed by atoms with E-state index in [0.29, 0.717) is 6.61 Å². The van der Waals surface area contributed by atoms with Crippen LogP contribution in [0.4, 0.5) is 0 Å². The number of ether oxygens (including phenoxy) is 1. The molecule has 0 bridgehead atoms. The van der Waals surface area contributed by atoms with Gasteiger partial charge in [-0.15, -0.1) is 0 Å². The number of hydrogen-bond donors (Lipinski definition) is 1. The van der Waals surface area contributed by atoms with E-state index < -0.39 is 0 Å². The molecule has 16 heavy (non-hydrogen) atoms. The molecule has 3 heteroatoms. The standard InChI is InChI=1S/C13H20ClNO/c1-4-7-16-9-13(15-3)12-8-11(14)6-5-10(12)2/h5-6,8,13,15H,4,7,9H2,1-3H3. The first kappa shape index (κ1) is 13.5. The number of rotatable bonds is 6. The Morgan fingerprint density at radius 2 is 2.19 bits per heavy atom. The molecular weight excluding hydrogens is 222 g/mol. The molecule has 0 radical (unpaired) electrons. The molecule has 1 atom stereocenters. The highest BCUT2D eigenvalue weighted by Crippen LogP contribution is 2.22. The molecule has 1 unspecified atom stereocenters.